The molecule has 2 saturated carbocycles. The van der Waals surface area contributed by atoms with Crippen molar-refractivity contribution in [3.05, 3.63) is 39.4 Å². The Bertz CT molecular complexity index is 1210. The van der Waals surface area contributed by atoms with Gasteiger partial charge in [0.1, 0.15) is 16.9 Å². The Labute approximate surface area is 178 Å². The van der Waals surface area contributed by atoms with Gasteiger partial charge in [-0.05, 0) is 31.7 Å². The van der Waals surface area contributed by atoms with Crippen LogP contribution in [0.15, 0.2) is 17.1 Å². The number of rotatable bonds is 4. The van der Waals surface area contributed by atoms with E-state index in [0.717, 1.165) is 15.7 Å². The van der Waals surface area contributed by atoms with E-state index in [1.54, 1.807) is 0 Å². The third-order valence-electron chi connectivity index (χ3n) is 6.78. The largest absolute Gasteiger partial charge is 0.477 e. The first-order valence-electron chi connectivity index (χ1n) is 10.2. The molecule has 32 heavy (non-hydrogen) atoms. The zero-order chi connectivity index (χ0) is 23.2. The highest BCUT2D eigenvalue weighted by Crippen LogP contribution is 2.55. The second-order valence-electron chi connectivity index (χ2n) is 9.50. The fraction of sp³-hybridized carbons (Fsp3) is 0.524. The van der Waals surface area contributed by atoms with Gasteiger partial charge in [0, 0.05) is 36.3 Å². The van der Waals surface area contributed by atoms with Gasteiger partial charge >= 0.3 is 12.1 Å². The molecule has 2 aliphatic carbocycles. The number of piperidine rings is 2. The van der Waals surface area contributed by atoms with Crippen molar-refractivity contribution in [3.63, 3.8) is 0 Å². The molecule has 2 aliphatic heterocycles. The first-order chi connectivity index (χ1) is 14.9. The van der Waals surface area contributed by atoms with Gasteiger partial charge < -0.3 is 20.3 Å². The summed E-state index contributed by atoms with van der Waals surface area (Å²) < 4.78 is 73.4. The number of alkyl halides is 4. The SMILES string of the molecule is NC12CN(c3c(F)cc4c(=O)c(C(=O)O)cn(C5CC5)c4c3C(F)(F)F)CC(CF)(C1)C2. The van der Waals surface area contributed by atoms with E-state index in [0.29, 0.717) is 31.7 Å². The number of benzene rings is 1. The van der Waals surface area contributed by atoms with Crippen molar-refractivity contribution in [2.75, 3.05) is 24.7 Å². The first kappa shape index (κ1) is 21.2. The van der Waals surface area contributed by atoms with Crippen LogP contribution < -0.4 is 16.1 Å². The number of hydrogen-bond donors (Lipinski definition) is 2. The van der Waals surface area contributed by atoms with Crippen LogP contribution in [-0.4, -0.2) is 40.9 Å². The molecule has 0 unspecified atom stereocenters. The van der Waals surface area contributed by atoms with E-state index >= 15 is 4.39 Å². The Morgan fingerprint density at radius 1 is 1.25 bits per heavy atom. The number of nitrogens with zero attached hydrogens (tertiary/aromatic N) is 2. The van der Waals surface area contributed by atoms with Crippen LogP contribution in [0.2, 0.25) is 0 Å². The van der Waals surface area contributed by atoms with Gasteiger partial charge in [0.25, 0.3) is 0 Å². The van der Waals surface area contributed by atoms with Crippen molar-refractivity contribution < 1.29 is 31.9 Å². The predicted octanol–water partition coefficient (Wildman–Crippen LogP) is 3.46. The molecule has 0 amide bonds. The summed E-state index contributed by atoms with van der Waals surface area (Å²) in [7, 11) is 0. The standard InChI is InChI=1S/C21H20F5N3O3/c22-7-19-5-20(27,6-19)9-28(8-19)16-13(23)3-11-15(14(16)21(24,25)26)29(10-1-2-10)4-12(17(11)30)18(31)32/h3-4,10H,1-2,5-9,27H2,(H,31,32). The number of anilines is 1. The number of carboxylic acids is 1. The highest BCUT2D eigenvalue weighted by atomic mass is 19.4. The molecule has 1 aromatic carbocycles. The van der Waals surface area contributed by atoms with Crippen molar-refractivity contribution in [2.24, 2.45) is 11.1 Å². The summed E-state index contributed by atoms with van der Waals surface area (Å²) in [4.78, 5) is 25.3. The van der Waals surface area contributed by atoms with E-state index in [1.807, 2.05) is 0 Å². The average Bonchev–Trinajstić information content (AvgIpc) is 3.50. The van der Waals surface area contributed by atoms with Gasteiger partial charge in [-0.15, -0.1) is 0 Å². The topological polar surface area (TPSA) is 88.6 Å². The molecule has 6 nitrogen and oxygen atoms in total. The second kappa shape index (κ2) is 6.43. The lowest BCUT2D eigenvalue weighted by molar-refractivity contribution is -0.136. The first-order valence-corrected chi connectivity index (χ1v) is 10.2. The maximum Gasteiger partial charge on any atom is 0.420 e. The molecule has 0 spiro atoms. The zero-order valence-electron chi connectivity index (χ0n) is 16.8. The molecule has 6 rings (SSSR count). The lowest BCUT2D eigenvalue weighted by Gasteiger charge is -2.61. The van der Waals surface area contributed by atoms with Gasteiger partial charge in [0.15, 0.2) is 0 Å². The maximum atomic E-state index is 15.3. The summed E-state index contributed by atoms with van der Waals surface area (Å²) in [6.45, 7) is -0.996. The number of halogens is 5. The van der Waals surface area contributed by atoms with Crippen molar-refractivity contribution in [3.8, 4) is 0 Å². The van der Waals surface area contributed by atoms with Crippen molar-refractivity contribution in [2.45, 2.75) is 43.4 Å². The Balaban J connectivity index is 1.83. The van der Waals surface area contributed by atoms with Crippen LogP contribution in [0.4, 0.5) is 27.6 Å². The molecule has 0 atom stereocenters. The van der Waals surface area contributed by atoms with E-state index in [2.05, 4.69) is 0 Å². The molecule has 2 saturated heterocycles. The maximum absolute atomic E-state index is 15.3. The molecular weight excluding hydrogens is 437 g/mol. The number of fused-ring (bicyclic) bond motifs is 3. The second-order valence-corrected chi connectivity index (χ2v) is 9.50. The van der Waals surface area contributed by atoms with Gasteiger partial charge in [0.05, 0.1) is 23.3 Å². The van der Waals surface area contributed by atoms with Crippen LogP contribution >= 0.6 is 0 Å². The lowest BCUT2D eigenvalue weighted by Crippen LogP contribution is -2.72. The normalized spacial score (nSPS) is 27.5. The molecule has 2 bridgehead atoms. The molecule has 4 fully saturated rings. The van der Waals surface area contributed by atoms with E-state index in [4.69, 9.17) is 5.73 Å². The highest BCUT2D eigenvalue weighted by Gasteiger charge is 2.59. The molecule has 0 radical (unpaired) electrons. The Morgan fingerprint density at radius 3 is 2.44 bits per heavy atom. The third kappa shape index (κ3) is 3.01. The number of carboxylic acid groups (broad SMARTS) is 1. The minimum Gasteiger partial charge on any atom is -0.477 e. The molecule has 172 valence electrons. The van der Waals surface area contributed by atoms with Crippen molar-refractivity contribution in [1.29, 1.82) is 0 Å². The quantitative estimate of drug-likeness (QED) is 0.687. The van der Waals surface area contributed by atoms with Crippen LogP contribution in [0, 0.1) is 11.2 Å². The van der Waals surface area contributed by atoms with E-state index < -0.39 is 74.8 Å². The van der Waals surface area contributed by atoms with E-state index in [1.165, 1.54) is 0 Å². The smallest absolute Gasteiger partial charge is 0.420 e. The van der Waals surface area contributed by atoms with Crippen LogP contribution in [0.25, 0.3) is 10.9 Å². The number of carbonyl (C=O) groups is 1. The van der Waals surface area contributed by atoms with Crippen LogP contribution in [0.5, 0.6) is 0 Å². The summed E-state index contributed by atoms with van der Waals surface area (Å²) in [6.07, 6.45) is -2.54. The molecule has 3 N–H and O–H groups in total. The summed E-state index contributed by atoms with van der Waals surface area (Å²) in [5.41, 5.74) is -0.240. The van der Waals surface area contributed by atoms with Crippen molar-refractivity contribution >= 4 is 22.6 Å². The van der Waals surface area contributed by atoms with Gasteiger partial charge in [-0.2, -0.15) is 13.2 Å². The van der Waals surface area contributed by atoms with Gasteiger partial charge in [-0.25, -0.2) is 9.18 Å². The van der Waals surface area contributed by atoms with Gasteiger partial charge in [-0.3, -0.25) is 9.18 Å². The summed E-state index contributed by atoms with van der Waals surface area (Å²) >= 11 is 0. The number of pyridine rings is 1. The summed E-state index contributed by atoms with van der Waals surface area (Å²) in [5.74, 6) is -2.92. The van der Waals surface area contributed by atoms with Crippen LogP contribution in [0.3, 0.4) is 0 Å². The molecule has 11 heteroatoms. The van der Waals surface area contributed by atoms with Gasteiger partial charge in [-0.1, -0.05) is 0 Å². The lowest BCUT2D eigenvalue weighted by atomic mass is 9.55. The number of aromatic carboxylic acids is 1. The molecule has 1 aromatic heterocycles. The Kier molecular flexibility index (Phi) is 4.25. The minimum atomic E-state index is -5.06. The number of aromatic nitrogens is 1. The Morgan fingerprint density at radius 2 is 1.91 bits per heavy atom. The summed E-state index contributed by atoms with van der Waals surface area (Å²) in [5, 5.41) is 8.70. The predicted molar refractivity (Wildman–Crippen MR) is 105 cm³/mol. The molecule has 2 aromatic rings. The fourth-order valence-corrected chi connectivity index (χ4v) is 5.65. The van der Waals surface area contributed by atoms with E-state index in [9.17, 15) is 32.3 Å². The van der Waals surface area contributed by atoms with Crippen LogP contribution in [-0.2, 0) is 6.18 Å². The van der Waals surface area contributed by atoms with Gasteiger partial charge in [0.2, 0.25) is 5.43 Å². The van der Waals surface area contributed by atoms with Crippen molar-refractivity contribution in [1.82, 2.24) is 4.57 Å². The Hall–Kier alpha value is -2.69. The fourth-order valence-electron chi connectivity index (χ4n) is 5.65. The highest BCUT2D eigenvalue weighted by molar-refractivity contribution is 5.95. The van der Waals surface area contributed by atoms with Crippen LogP contribution in [0.1, 0.15) is 47.6 Å². The zero-order valence-corrected chi connectivity index (χ0v) is 16.8. The average molecular weight is 457 g/mol. The van der Waals surface area contributed by atoms with E-state index in [-0.39, 0.29) is 13.1 Å². The summed E-state index contributed by atoms with van der Waals surface area (Å²) in [6, 6.07) is 0.238. The molecule has 3 heterocycles. The minimum absolute atomic E-state index is 0.0822. The monoisotopic (exact) mass is 457 g/mol. The molecular formula is C21H20F5N3O3. The number of hydrogen-bond acceptors (Lipinski definition) is 4. The third-order valence-corrected chi connectivity index (χ3v) is 6.78. The molecule has 4 aliphatic rings. The number of nitrogens with two attached hydrogens (primary N) is 1.